The Balaban J connectivity index is 1.69. The van der Waals surface area contributed by atoms with Crippen molar-refractivity contribution >= 4 is 23.6 Å². The number of amides is 1. The zero-order valence-electron chi connectivity index (χ0n) is 19.3. The van der Waals surface area contributed by atoms with Crippen LogP contribution < -0.4 is 15.4 Å². The van der Waals surface area contributed by atoms with Crippen molar-refractivity contribution in [1.82, 2.24) is 20.2 Å². The van der Waals surface area contributed by atoms with Crippen LogP contribution in [-0.4, -0.2) is 54.6 Å². The van der Waals surface area contributed by atoms with Gasteiger partial charge in [0.1, 0.15) is 5.75 Å². The quantitative estimate of drug-likeness (QED) is 0.627. The van der Waals surface area contributed by atoms with Gasteiger partial charge in [0.15, 0.2) is 0 Å². The van der Waals surface area contributed by atoms with Gasteiger partial charge < -0.3 is 20.3 Å². The highest BCUT2D eigenvalue weighted by molar-refractivity contribution is 5.96. The number of carbonyl (C=O) groups excluding carboxylic acids is 1. The van der Waals surface area contributed by atoms with E-state index in [4.69, 9.17) is 9.72 Å². The van der Waals surface area contributed by atoms with Gasteiger partial charge in [0.2, 0.25) is 5.95 Å². The summed E-state index contributed by atoms with van der Waals surface area (Å²) in [5, 5.41) is 6.26. The average Bonchev–Trinajstić information content (AvgIpc) is 2.79. The van der Waals surface area contributed by atoms with Crippen LogP contribution in [0.3, 0.4) is 0 Å². The van der Waals surface area contributed by atoms with E-state index in [2.05, 4.69) is 21.7 Å². The van der Waals surface area contributed by atoms with Crippen LogP contribution in [0.15, 0.2) is 54.7 Å². The summed E-state index contributed by atoms with van der Waals surface area (Å²) >= 11 is 0. The number of aryl methyl sites for hydroxylation is 1. The molecule has 0 unspecified atom stereocenters. The van der Waals surface area contributed by atoms with E-state index >= 15 is 0 Å². The molecule has 7 nitrogen and oxygen atoms in total. The Bertz CT molecular complexity index is 1170. The Kier molecular flexibility index (Phi) is 7.00. The van der Waals surface area contributed by atoms with Crippen LogP contribution in [0.1, 0.15) is 27.9 Å². The summed E-state index contributed by atoms with van der Waals surface area (Å²) in [5.41, 5.74) is 5.03. The highest BCUT2D eigenvalue weighted by atomic mass is 16.5. The number of anilines is 2. The lowest BCUT2D eigenvalue weighted by atomic mass is 10.1. The smallest absolute Gasteiger partial charge is 0.251 e. The van der Waals surface area contributed by atoms with Crippen LogP contribution in [0.25, 0.3) is 17.3 Å². The predicted molar refractivity (Wildman–Crippen MR) is 132 cm³/mol. The van der Waals surface area contributed by atoms with E-state index in [1.165, 1.54) is 0 Å². The number of aromatic nitrogens is 2. The van der Waals surface area contributed by atoms with Crippen LogP contribution in [0, 0.1) is 6.92 Å². The fourth-order valence-electron chi connectivity index (χ4n) is 3.57. The summed E-state index contributed by atoms with van der Waals surface area (Å²) in [6.45, 7) is 3.90. The summed E-state index contributed by atoms with van der Waals surface area (Å²) in [7, 11) is 3.96. The van der Waals surface area contributed by atoms with Gasteiger partial charge in [0.25, 0.3) is 5.91 Å². The van der Waals surface area contributed by atoms with Gasteiger partial charge in [-0.05, 0) is 68.9 Å². The zero-order chi connectivity index (χ0) is 23.2. The predicted octanol–water partition coefficient (Wildman–Crippen LogP) is 4.28. The third-order valence-electron chi connectivity index (χ3n) is 5.26. The summed E-state index contributed by atoms with van der Waals surface area (Å²) in [4.78, 5) is 24.0. The maximum atomic E-state index is 12.8. The fourth-order valence-corrected chi connectivity index (χ4v) is 3.57. The van der Waals surface area contributed by atoms with Crippen LogP contribution in [0.5, 0.6) is 5.75 Å². The monoisotopic (exact) mass is 443 g/mol. The minimum atomic E-state index is -0.113. The highest BCUT2D eigenvalue weighted by Crippen LogP contribution is 2.27. The SMILES string of the molecule is Cc1cnc2nc1-c1cccc(c1)OCC/C=C\c1cc(cc(C(=O)NCCN(C)C)c1)N2. The van der Waals surface area contributed by atoms with Gasteiger partial charge in [-0.15, -0.1) is 0 Å². The summed E-state index contributed by atoms with van der Waals surface area (Å²) in [6, 6.07) is 13.6. The zero-order valence-corrected chi connectivity index (χ0v) is 19.3. The molecule has 1 aliphatic heterocycles. The van der Waals surface area contributed by atoms with E-state index in [0.29, 0.717) is 24.7 Å². The van der Waals surface area contributed by atoms with Gasteiger partial charge in [-0.2, -0.15) is 0 Å². The topological polar surface area (TPSA) is 79.4 Å². The first-order valence-corrected chi connectivity index (χ1v) is 11.1. The number of hydrogen-bond donors (Lipinski definition) is 2. The Labute approximate surface area is 194 Å². The molecule has 0 saturated heterocycles. The van der Waals surface area contributed by atoms with Crippen molar-refractivity contribution in [3.63, 3.8) is 0 Å². The van der Waals surface area contributed by atoms with E-state index in [-0.39, 0.29) is 5.91 Å². The number of nitrogens with one attached hydrogen (secondary N) is 2. The lowest BCUT2D eigenvalue weighted by Crippen LogP contribution is -2.31. The largest absolute Gasteiger partial charge is 0.493 e. The molecule has 3 aromatic rings. The number of nitrogens with zero attached hydrogens (tertiary/aromatic N) is 3. The first kappa shape index (κ1) is 22.5. The molecule has 1 aliphatic rings. The lowest BCUT2D eigenvalue weighted by Gasteiger charge is -2.13. The van der Waals surface area contributed by atoms with Gasteiger partial charge in [-0.3, -0.25) is 4.79 Å². The minimum Gasteiger partial charge on any atom is -0.493 e. The second kappa shape index (κ2) is 10.3. The molecular formula is C26H29N5O2. The Morgan fingerprint density at radius 3 is 2.94 bits per heavy atom. The third kappa shape index (κ3) is 5.96. The molecule has 170 valence electrons. The molecule has 1 aromatic heterocycles. The number of rotatable bonds is 4. The van der Waals surface area contributed by atoms with Crippen LogP contribution >= 0.6 is 0 Å². The summed E-state index contributed by atoms with van der Waals surface area (Å²) in [5.74, 6) is 1.16. The molecule has 0 spiro atoms. The van der Waals surface area contributed by atoms with Gasteiger partial charge in [-0.1, -0.05) is 24.3 Å². The van der Waals surface area contributed by atoms with Gasteiger partial charge in [0, 0.05) is 36.1 Å². The molecule has 4 rings (SSSR count). The van der Waals surface area contributed by atoms with Crippen molar-refractivity contribution in [1.29, 1.82) is 0 Å². The second-order valence-corrected chi connectivity index (χ2v) is 8.32. The molecular weight excluding hydrogens is 414 g/mol. The minimum absolute atomic E-state index is 0.113. The molecule has 2 heterocycles. The summed E-state index contributed by atoms with van der Waals surface area (Å²) in [6.07, 6.45) is 6.60. The number of carbonyl (C=O) groups is 1. The number of ether oxygens (including phenoxy) is 1. The fraction of sp³-hybridized carbons (Fsp3) is 0.269. The Hall–Kier alpha value is -3.71. The first-order valence-electron chi connectivity index (χ1n) is 11.1. The van der Waals surface area contributed by atoms with Crippen molar-refractivity contribution in [2.24, 2.45) is 0 Å². The molecule has 0 radical (unpaired) electrons. The van der Waals surface area contributed by atoms with Gasteiger partial charge in [0.05, 0.1) is 12.3 Å². The second-order valence-electron chi connectivity index (χ2n) is 8.32. The van der Waals surface area contributed by atoms with E-state index < -0.39 is 0 Å². The van der Waals surface area contributed by atoms with E-state index in [1.54, 1.807) is 6.20 Å². The van der Waals surface area contributed by atoms with Crippen molar-refractivity contribution in [2.75, 3.05) is 39.1 Å². The Morgan fingerprint density at radius 1 is 1.21 bits per heavy atom. The van der Waals surface area contributed by atoms with E-state index in [0.717, 1.165) is 46.8 Å². The normalized spacial score (nSPS) is 13.8. The lowest BCUT2D eigenvalue weighted by molar-refractivity contribution is 0.0951. The molecule has 2 N–H and O–H groups in total. The number of benzene rings is 2. The molecule has 0 atom stereocenters. The van der Waals surface area contributed by atoms with Crippen LogP contribution in [0.4, 0.5) is 11.6 Å². The molecule has 1 amide bonds. The van der Waals surface area contributed by atoms with Gasteiger partial charge >= 0.3 is 0 Å². The maximum absolute atomic E-state index is 12.8. The molecule has 2 aromatic carbocycles. The molecule has 6 bridgehead atoms. The molecule has 0 aliphatic carbocycles. The average molecular weight is 444 g/mol. The van der Waals surface area contributed by atoms with Crippen molar-refractivity contribution < 1.29 is 9.53 Å². The summed E-state index contributed by atoms with van der Waals surface area (Å²) < 4.78 is 5.94. The van der Waals surface area contributed by atoms with Crippen molar-refractivity contribution in [3.05, 3.63) is 71.4 Å². The van der Waals surface area contributed by atoms with Crippen LogP contribution in [-0.2, 0) is 0 Å². The van der Waals surface area contributed by atoms with Crippen molar-refractivity contribution in [3.8, 4) is 17.0 Å². The van der Waals surface area contributed by atoms with Gasteiger partial charge in [-0.25, -0.2) is 9.97 Å². The van der Waals surface area contributed by atoms with Crippen LogP contribution in [0.2, 0.25) is 0 Å². The number of hydrogen-bond acceptors (Lipinski definition) is 6. The van der Waals surface area contributed by atoms with E-state index in [1.807, 2.05) is 74.5 Å². The molecule has 33 heavy (non-hydrogen) atoms. The number of fused-ring (bicyclic) bond motifs is 7. The maximum Gasteiger partial charge on any atom is 0.251 e. The Morgan fingerprint density at radius 2 is 2.09 bits per heavy atom. The van der Waals surface area contributed by atoms with E-state index in [9.17, 15) is 4.79 Å². The highest BCUT2D eigenvalue weighted by Gasteiger charge is 2.12. The molecule has 7 heteroatoms. The first-order chi connectivity index (χ1) is 16.0. The molecule has 0 saturated carbocycles. The standard InChI is InChI=1S/C26H29N5O2/c1-18-17-28-26-29-22-14-19(13-21(15-22)25(32)27-10-11-31(2)3)7-4-5-12-33-23-9-6-8-20(16-23)24(18)30-26/h4,6-9,13-17H,5,10-12H2,1-3H3,(H,27,32)(H,28,29,30)/b7-4-. The molecule has 0 fully saturated rings. The third-order valence-corrected chi connectivity index (χ3v) is 5.26. The van der Waals surface area contributed by atoms with Crippen molar-refractivity contribution in [2.45, 2.75) is 13.3 Å². The number of likely N-dealkylation sites (N-methyl/N-ethyl adjacent to an activating group) is 1.